The fourth-order valence-electron chi connectivity index (χ4n) is 8.80. The molecule has 0 amide bonds. The van der Waals surface area contributed by atoms with Gasteiger partial charge in [-0.2, -0.15) is 0 Å². The van der Waals surface area contributed by atoms with E-state index in [1.165, 1.54) is 167 Å². The van der Waals surface area contributed by atoms with Crippen LogP contribution in [-0.4, -0.2) is 70.0 Å². The van der Waals surface area contributed by atoms with Crippen molar-refractivity contribution in [3.63, 3.8) is 0 Å². The number of esters is 2. The number of hydrogen-bond acceptors (Lipinski definition) is 8. The lowest BCUT2D eigenvalue weighted by Gasteiger charge is -2.28. The van der Waals surface area contributed by atoms with Crippen molar-refractivity contribution in [2.24, 2.45) is 0 Å². The normalized spacial score (nSPS) is 13.6. The monoisotopic (exact) mass is 1060 g/mol. The van der Waals surface area contributed by atoms with Gasteiger partial charge < -0.3 is 27.9 Å². The highest BCUT2D eigenvalue weighted by atomic mass is 31.2. The summed E-state index contributed by atoms with van der Waals surface area (Å²) in [7, 11) is 1.16. The second-order valence-electron chi connectivity index (χ2n) is 22.0. The third-order valence-electron chi connectivity index (χ3n) is 13.6. The summed E-state index contributed by atoms with van der Waals surface area (Å²) in [5.74, 6) is -0.846. The number of phosphoric acid groups is 1. The maximum Gasteiger partial charge on any atom is 0.306 e. The maximum atomic E-state index is 12.8. The van der Waals surface area contributed by atoms with Crippen LogP contribution >= 0.6 is 7.82 Å². The first kappa shape index (κ1) is 71.7. The molecule has 0 spiro atoms. The van der Waals surface area contributed by atoms with E-state index in [2.05, 4.69) is 74.6 Å². The van der Waals surface area contributed by atoms with Gasteiger partial charge in [-0.3, -0.25) is 14.2 Å². The van der Waals surface area contributed by atoms with Gasteiger partial charge in [-0.1, -0.05) is 274 Å². The van der Waals surface area contributed by atoms with E-state index in [4.69, 9.17) is 18.5 Å². The van der Waals surface area contributed by atoms with E-state index in [0.29, 0.717) is 17.4 Å². The van der Waals surface area contributed by atoms with Gasteiger partial charge in [0.25, 0.3) is 7.82 Å². The molecular weight excluding hydrogens is 942 g/mol. The maximum absolute atomic E-state index is 12.8. The van der Waals surface area contributed by atoms with Crippen LogP contribution in [0.25, 0.3) is 0 Å². The van der Waals surface area contributed by atoms with E-state index in [1.807, 2.05) is 21.1 Å². The molecule has 0 aromatic rings. The number of carbonyl (C=O) groups excluding carboxylic acids is 2. The number of nitrogens with zero attached hydrogens (tertiary/aromatic N) is 1. The first-order chi connectivity index (χ1) is 36.0. The van der Waals surface area contributed by atoms with Crippen molar-refractivity contribution < 1.29 is 42.1 Å². The van der Waals surface area contributed by atoms with Crippen LogP contribution < -0.4 is 4.89 Å². The number of quaternary nitrogens is 1. The van der Waals surface area contributed by atoms with Crippen molar-refractivity contribution >= 4 is 19.8 Å². The second-order valence-corrected chi connectivity index (χ2v) is 23.5. The molecule has 0 aromatic heterocycles. The number of phosphoric ester groups is 1. The fraction of sp³-hybridized carbons (Fsp3) is 0.812. The molecule has 0 radical (unpaired) electrons. The van der Waals surface area contributed by atoms with Crippen molar-refractivity contribution in [1.82, 2.24) is 0 Å². The molecule has 10 heteroatoms. The minimum Gasteiger partial charge on any atom is -0.756 e. The van der Waals surface area contributed by atoms with Crippen LogP contribution in [-0.2, 0) is 32.7 Å². The smallest absolute Gasteiger partial charge is 0.306 e. The molecule has 0 heterocycles. The Morgan fingerprint density at radius 3 is 1.15 bits per heavy atom. The summed E-state index contributed by atoms with van der Waals surface area (Å²) >= 11 is 0. The van der Waals surface area contributed by atoms with Gasteiger partial charge in [-0.25, -0.2) is 0 Å². The van der Waals surface area contributed by atoms with Gasteiger partial charge in [0, 0.05) is 12.8 Å². The highest BCUT2D eigenvalue weighted by molar-refractivity contribution is 7.45. The summed E-state index contributed by atoms with van der Waals surface area (Å²) in [6.07, 6.45) is 71.4. The molecule has 0 bridgehead atoms. The van der Waals surface area contributed by atoms with Gasteiger partial charge in [0.1, 0.15) is 19.8 Å². The topological polar surface area (TPSA) is 111 Å². The molecule has 74 heavy (non-hydrogen) atoms. The SMILES string of the molecule is CC/C=C\C/C=C\C/C=C\C/C=C\C/C=C\CCCCCCCC(=O)OC(COC(=O)CCCCCCCCCCCCCCCCCCCCCCCCCCCCCCC)COP(=O)([O-])OCC[N+](C)(C)C. The Kier molecular flexibility index (Phi) is 53.7. The predicted molar refractivity (Wildman–Crippen MR) is 314 cm³/mol. The summed E-state index contributed by atoms with van der Waals surface area (Å²) in [4.78, 5) is 37.9. The lowest BCUT2D eigenvalue weighted by Crippen LogP contribution is -2.37. The molecule has 432 valence electrons. The Balaban J connectivity index is 4.09. The molecule has 0 saturated heterocycles. The molecule has 0 rings (SSSR count). The molecule has 9 nitrogen and oxygen atoms in total. The average Bonchev–Trinajstić information content (AvgIpc) is 3.36. The second kappa shape index (κ2) is 55.5. The van der Waals surface area contributed by atoms with Crippen molar-refractivity contribution in [2.45, 2.75) is 290 Å². The van der Waals surface area contributed by atoms with Crippen molar-refractivity contribution in [2.75, 3.05) is 47.5 Å². The number of ether oxygens (including phenoxy) is 2. The Morgan fingerprint density at radius 2 is 0.770 bits per heavy atom. The van der Waals surface area contributed by atoms with Gasteiger partial charge in [0.15, 0.2) is 6.10 Å². The van der Waals surface area contributed by atoms with E-state index in [9.17, 15) is 19.0 Å². The fourth-order valence-corrected chi connectivity index (χ4v) is 9.53. The van der Waals surface area contributed by atoms with Gasteiger partial charge >= 0.3 is 11.9 Å². The lowest BCUT2D eigenvalue weighted by atomic mass is 10.0. The predicted octanol–water partition coefficient (Wildman–Crippen LogP) is 18.9. The third kappa shape index (κ3) is 59.0. The zero-order chi connectivity index (χ0) is 54.2. The Morgan fingerprint density at radius 1 is 0.432 bits per heavy atom. The highest BCUT2D eigenvalue weighted by Gasteiger charge is 2.22. The molecule has 0 aliphatic heterocycles. The molecule has 0 fully saturated rings. The average molecular weight is 1060 g/mol. The van der Waals surface area contributed by atoms with Crippen molar-refractivity contribution in [3.8, 4) is 0 Å². The van der Waals surface area contributed by atoms with Gasteiger partial charge in [0.05, 0.1) is 27.7 Å². The number of carbonyl (C=O) groups is 2. The Labute approximate surface area is 457 Å². The van der Waals surface area contributed by atoms with Crippen LogP contribution in [0.3, 0.4) is 0 Å². The molecule has 2 atom stereocenters. The zero-order valence-electron chi connectivity index (χ0n) is 49.0. The minimum atomic E-state index is -4.64. The Bertz CT molecular complexity index is 1430. The van der Waals surface area contributed by atoms with Gasteiger partial charge in [0.2, 0.25) is 0 Å². The van der Waals surface area contributed by atoms with Crippen molar-refractivity contribution in [3.05, 3.63) is 60.8 Å². The molecule has 0 aliphatic rings. The minimum absolute atomic E-state index is 0.0360. The summed E-state index contributed by atoms with van der Waals surface area (Å²) < 4.78 is 34.2. The van der Waals surface area contributed by atoms with Crippen LogP contribution in [0.1, 0.15) is 284 Å². The summed E-state index contributed by atoms with van der Waals surface area (Å²) in [5.41, 5.74) is 0. The lowest BCUT2D eigenvalue weighted by molar-refractivity contribution is -0.870. The number of allylic oxidation sites excluding steroid dienone is 10. The number of likely N-dealkylation sites (N-methyl/N-ethyl adjacent to an activating group) is 1. The van der Waals surface area contributed by atoms with Crippen LogP contribution in [0, 0.1) is 0 Å². The van der Waals surface area contributed by atoms with E-state index < -0.39 is 26.5 Å². The molecule has 0 aromatic carbocycles. The third-order valence-corrected chi connectivity index (χ3v) is 14.5. The van der Waals surface area contributed by atoms with Crippen LogP contribution in [0.4, 0.5) is 0 Å². The molecular formula is C64H118NO8P. The first-order valence-electron chi connectivity index (χ1n) is 31.0. The summed E-state index contributed by atoms with van der Waals surface area (Å²) in [6.45, 7) is 4.14. The highest BCUT2D eigenvalue weighted by Crippen LogP contribution is 2.38. The number of unbranched alkanes of at least 4 members (excludes halogenated alkanes) is 33. The number of rotatable bonds is 57. The van der Waals surface area contributed by atoms with E-state index in [0.717, 1.165) is 83.5 Å². The van der Waals surface area contributed by atoms with Crippen LogP contribution in [0.2, 0.25) is 0 Å². The van der Waals surface area contributed by atoms with Crippen LogP contribution in [0.5, 0.6) is 0 Å². The van der Waals surface area contributed by atoms with Crippen LogP contribution in [0.15, 0.2) is 60.8 Å². The van der Waals surface area contributed by atoms with Gasteiger partial charge in [-0.05, 0) is 57.8 Å². The summed E-state index contributed by atoms with van der Waals surface area (Å²) in [6, 6.07) is 0. The largest absolute Gasteiger partial charge is 0.756 e. The molecule has 2 unspecified atom stereocenters. The first-order valence-corrected chi connectivity index (χ1v) is 32.5. The zero-order valence-corrected chi connectivity index (χ0v) is 49.9. The van der Waals surface area contributed by atoms with Crippen molar-refractivity contribution in [1.29, 1.82) is 0 Å². The molecule has 0 N–H and O–H groups in total. The molecule has 0 saturated carbocycles. The van der Waals surface area contributed by atoms with E-state index in [-0.39, 0.29) is 32.0 Å². The summed E-state index contributed by atoms with van der Waals surface area (Å²) in [5, 5.41) is 0. The van der Waals surface area contributed by atoms with E-state index >= 15 is 0 Å². The quantitative estimate of drug-likeness (QED) is 0.0195. The Hall–Kier alpha value is -2.29. The molecule has 0 aliphatic carbocycles. The standard InChI is InChI=1S/C64H118NO8P/c1-6-8-10-12-14-16-18-20-22-24-26-28-29-30-31-32-33-34-35-37-38-40-42-44-46-48-50-52-54-56-63(66)70-60-62(61-72-74(68,69)71-59-58-65(3,4)5)73-64(67)57-55-53-51-49-47-45-43-41-39-36-27-25-23-21-19-17-15-13-11-9-7-2/h9,11,15,17,21,23,27,36,41,43,62H,6-8,10,12-14,16,18-20,22,24-26,28-35,37-40,42,44-61H2,1-5H3/b11-9-,17-15-,23-21-,36-27-,43-41-. The number of hydrogen-bond donors (Lipinski definition) is 0. The van der Waals surface area contributed by atoms with E-state index in [1.54, 1.807) is 0 Å². The van der Waals surface area contributed by atoms with Gasteiger partial charge in [-0.15, -0.1) is 0 Å².